The minimum absolute atomic E-state index is 0.188. The van der Waals surface area contributed by atoms with E-state index < -0.39 is 0 Å². The Labute approximate surface area is 139 Å². The van der Waals surface area contributed by atoms with Crippen LogP contribution < -0.4 is 10.6 Å². The molecule has 0 saturated heterocycles. The molecule has 0 aliphatic carbocycles. The smallest absolute Gasteiger partial charge is 0.259 e. The van der Waals surface area contributed by atoms with E-state index in [-0.39, 0.29) is 5.91 Å². The first kappa shape index (κ1) is 14.5. The van der Waals surface area contributed by atoms with Gasteiger partial charge in [0.25, 0.3) is 5.91 Å². The molecule has 1 aliphatic heterocycles. The predicted octanol–water partition coefficient (Wildman–Crippen LogP) is 2.51. The monoisotopic (exact) mass is 322 g/mol. The number of hydrogen-bond donors (Lipinski definition) is 3. The first-order valence-corrected chi connectivity index (χ1v) is 8.00. The number of nitrogens with one attached hydrogen (secondary N) is 3. The SMILES string of the molecule is CCn1ccc(NC(=O)c2c[nH]c3c2-c2ncccc2NCC3)n1. The van der Waals surface area contributed by atoms with Gasteiger partial charge in [-0.05, 0) is 19.1 Å². The van der Waals surface area contributed by atoms with Crippen LogP contribution in [0.2, 0.25) is 0 Å². The molecule has 0 aromatic carbocycles. The summed E-state index contributed by atoms with van der Waals surface area (Å²) in [5.74, 6) is 0.358. The summed E-state index contributed by atoms with van der Waals surface area (Å²) in [6.45, 7) is 3.56. The molecular formula is C17H18N6O. The highest BCUT2D eigenvalue weighted by Crippen LogP contribution is 2.34. The topological polar surface area (TPSA) is 87.6 Å². The number of aryl methyl sites for hydroxylation is 1. The average molecular weight is 322 g/mol. The van der Waals surface area contributed by atoms with Crippen LogP contribution in [-0.2, 0) is 13.0 Å². The number of nitrogens with zero attached hydrogens (tertiary/aromatic N) is 3. The van der Waals surface area contributed by atoms with Gasteiger partial charge in [0.1, 0.15) is 0 Å². The Morgan fingerprint density at radius 1 is 1.42 bits per heavy atom. The quantitative estimate of drug-likeness (QED) is 0.691. The van der Waals surface area contributed by atoms with Crippen molar-refractivity contribution in [1.82, 2.24) is 19.7 Å². The number of H-pyrrole nitrogens is 1. The molecule has 3 N–H and O–H groups in total. The normalized spacial score (nSPS) is 12.7. The summed E-state index contributed by atoms with van der Waals surface area (Å²) in [6, 6.07) is 5.66. The van der Waals surface area contributed by atoms with Crippen LogP contribution in [0.1, 0.15) is 23.0 Å². The fourth-order valence-electron chi connectivity index (χ4n) is 2.97. The van der Waals surface area contributed by atoms with E-state index in [2.05, 4.69) is 25.7 Å². The highest BCUT2D eigenvalue weighted by molar-refractivity contribution is 6.09. The Morgan fingerprint density at radius 3 is 3.17 bits per heavy atom. The van der Waals surface area contributed by atoms with Gasteiger partial charge in [0.15, 0.2) is 5.82 Å². The van der Waals surface area contributed by atoms with Crippen LogP contribution in [-0.4, -0.2) is 32.2 Å². The molecule has 24 heavy (non-hydrogen) atoms. The van der Waals surface area contributed by atoms with Crippen molar-refractivity contribution in [3.63, 3.8) is 0 Å². The number of anilines is 2. The molecule has 0 unspecified atom stereocenters. The molecule has 3 aromatic rings. The second-order valence-electron chi connectivity index (χ2n) is 5.64. The van der Waals surface area contributed by atoms with Crippen LogP contribution in [0.5, 0.6) is 0 Å². The van der Waals surface area contributed by atoms with Crippen molar-refractivity contribution in [3.05, 3.63) is 48.0 Å². The van der Waals surface area contributed by atoms with E-state index in [1.807, 2.05) is 25.3 Å². The highest BCUT2D eigenvalue weighted by Gasteiger charge is 2.24. The van der Waals surface area contributed by atoms with Crippen molar-refractivity contribution in [2.24, 2.45) is 0 Å². The van der Waals surface area contributed by atoms with E-state index in [9.17, 15) is 4.79 Å². The van der Waals surface area contributed by atoms with Crippen LogP contribution >= 0.6 is 0 Å². The van der Waals surface area contributed by atoms with Crippen LogP contribution in [0.15, 0.2) is 36.8 Å². The first-order valence-electron chi connectivity index (χ1n) is 8.00. The Hall–Kier alpha value is -3.09. The zero-order chi connectivity index (χ0) is 16.5. The molecule has 0 bridgehead atoms. The molecule has 4 heterocycles. The third kappa shape index (κ3) is 2.44. The fraction of sp³-hybridized carbons (Fsp3) is 0.235. The lowest BCUT2D eigenvalue weighted by atomic mass is 10.0. The van der Waals surface area contributed by atoms with Crippen molar-refractivity contribution in [3.8, 4) is 11.3 Å². The van der Waals surface area contributed by atoms with Crippen molar-refractivity contribution in [1.29, 1.82) is 0 Å². The highest BCUT2D eigenvalue weighted by atomic mass is 16.1. The molecule has 7 nitrogen and oxygen atoms in total. The maximum atomic E-state index is 12.7. The number of rotatable bonds is 3. The van der Waals surface area contributed by atoms with Gasteiger partial charge in [0.2, 0.25) is 0 Å². The summed E-state index contributed by atoms with van der Waals surface area (Å²) in [4.78, 5) is 20.4. The van der Waals surface area contributed by atoms with E-state index in [0.29, 0.717) is 11.4 Å². The van der Waals surface area contributed by atoms with Crippen LogP contribution in [0.3, 0.4) is 0 Å². The molecular weight excluding hydrogens is 304 g/mol. The molecule has 0 saturated carbocycles. The average Bonchev–Trinajstić information content (AvgIpc) is 3.18. The van der Waals surface area contributed by atoms with Crippen LogP contribution in [0, 0.1) is 0 Å². The van der Waals surface area contributed by atoms with Gasteiger partial charge in [-0.15, -0.1) is 0 Å². The number of aromatic nitrogens is 4. The zero-order valence-electron chi connectivity index (χ0n) is 13.3. The molecule has 1 amide bonds. The number of hydrogen-bond acceptors (Lipinski definition) is 4. The molecule has 0 fully saturated rings. The second kappa shape index (κ2) is 5.84. The lowest BCUT2D eigenvalue weighted by molar-refractivity contribution is 0.102. The lowest BCUT2D eigenvalue weighted by Gasteiger charge is -2.08. The summed E-state index contributed by atoms with van der Waals surface area (Å²) < 4.78 is 1.77. The van der Waals surface area contributed by atoms with E-state index in [4.69, 9.17) is 0 Å². The standard InChI is InChI=1S/C17H18N6O/c1-2-23-9-6-14(22-23)21-17(24)11-10-20-12-5-8-18-13-4-3-7-19-16(13)15(11)12/h3-4,6-7,9-10,18,20H,2,5,8H2,1H3,(H,21,22,24). The first-order chi connectivity index (χ1) is 11.8. The Morgan fingerprint density at radius 2 is 2.33 bits per heavy atom. The maximum Gasteiger partial charge on any atom is 0.259 e. The van der Waals surface area contributed by atoms with E-state index in [0.717, 1.165) is 42.1 Å². The molecule has 122 valence electrons. The van der Waals surface area contributed by atoms with E-state index >= 15 is 0 Å². The number of carbonyl (C=O) groups excluding carboxylic acids is 1. The van der Waals surface area contributed by atoms with Gasteiger partial charge in [-0.1, -0.05) is 0 Å². The van der Waals surface area contributed by atoms with E-state index in [1.54, 1.807) is 23.1 Å². The van der Waals surface area contributed by atoms with Gasteiger partial charge in [-0.2, -0.15) is 5.10 Å². The summed E-state index contributed by atoms with van der Waals surface area (Å²) in [7, 11) is 0. The summed E-state index contributed by atoms with van der Waals surface area (Å²) in [6.07, 6.45) is 6.14. The number of pyridine rings is 1. The minimum Gasteiger partial charge on any atom is -0.383 e. The van der Waals surface area contributed by atoms with Crippen molar-refractivity contribution < 1.29 is 4.79 Å². The van der Waals surface area contributed by atoms with Gasteiger partial charge in [0, 0.05) is 55.4 Å². The van der Waals surface area contributed by atoms with Crippen molar-refractivity contribution in [2.45, 2.75) is 19.9 Å². The van der Waals surface area contributed by atoms with Gasteiger partial charge >= 0.3 is 0 Å². The molecule has 7 heteroatoms. The Kier molecular flexibility index (Phi) is 3.53. The van der Waals surface area contributed by atoms with Gasteiger partial charge in [-0.25, -0.2) is 0 Å². The number of fused-ring (bicyclic) bond motifs is 3. The number of aromatic amines is 1. The maximum absolute atomic E-state index is 12.7. The second-order valence-corrected chi connectivity index (χ2v) is 5.64. The molecule has 0 spiro atoms. The largest absolute Gasteiger partial charge is 0.383 e. The van der Waals surface area contributed by atoms with Gasteiger partial charge in [-0.3, -0.25) is 14.5 Å². The summed E-state index contributed by atoms with van der Waals surface area (Å²) in [5, 5.41) is 10.5. The number of amides is 1. The van der Waals surface area contributed by atoms with Crippen LogP contribution in [0.25, 0.3) is 11.3 Å². The Bertz CT molecular complexity index is 894. The summed E-state index contributed by atoms with van der Waals surface area (Å²) >= 11 is 0. The fourth-order valence-corrected chi connectivity index (χ4v) is 2.97. The van der Waals surface area contributed by atoms with Gasteiger partial charge < -0.3 is 15.6 Å². The van der Waals surface area contributed by atoms with E-state index in [1.165, 1.54) is 0 Å². The third-order valence-corrected chi connectivity index (χ3v) is 4.15. The minimum atomic E-state index is -0.188. The van der Waals surface area contributed by atoms with Crippen LogP contribution in [0.4, 0.5) is 11.5 Å². The summed E-state index contributed by atoms with van der Waals surface area (Å²) in [5.41, 5.74) is 4.21. The molecule has 4 rings (SSSR count). The van der Waals surface area contributed by atoms with Crippen molar-refractivity contribution in [2.75, 3.05) is 17.2 Å². The molecule has 3 aromatic heterocycles. The zero-order valence-corrected chi connectivity index (χ0v) is 13.3. The molecule has 1 aliphatic rings. The molecule has 0 radical (unpaired) electrons. The predicted molar refractivity (Wildman–Crippen MR) is 92.1 cm³/mol. The molecule has 0 atom stereocenters. The third-order valence-electron chi connectivity index (χ3n) is 4.15. The van der Waals surface area contributed by atoms with Gasteiger partial charge in [0.05, 0.1) is 16.9 Å². The lowest BCUT2D eigenvalue weighted by Crippen LogP contribution is -2.13. The number of carbonyl (C=O) groups is 1. The van der Waals surface area contributed by atoms with Crippen molar-refractivity contribution >= 4 is 17.4 Å². The Balaban J connectivity index is 1.71.